The maximum absolute atomic E-state index is 6.34. The van der Waals surface area contributed by atoms with Crippen LogP contribution in [0.4, 0.5) is 17.1 Å². The largest absolute Gasteiger partial charge is 0.456 e. The van der Waals surface area contributed by atoms with Gasteiger partial charge in [0.05, 0.1) is 0 Å². The summed E-state index contributed by atoms with van der Waals surface area (Å²) in [4.78, 5) is 2.28. The van der Waals surface area contributed by atoms with Crippen LogP contribution in [-0.2, 0) is 0 Å². The standard InChI is InChI=1S/C46H27NO2S/c1-4-10-41-35(7-1)37-21-19-33(26-43(37)48-41)47(34-20-22-38-36-8-2-5-11-42(36)49-44(38)27-34)32-17-15-28(16-18-32)29-13-14-30-24-40-39-9-3-6-12-45(39)50-46(40)25-31(30)23-29/h1-27H. The lowest BCUT2D eigenvalue weighted by Crippen LogP contribution is -2.09. The van der Waals surface area contributed by atoms with Crippen LogP contribution in [0, 0.1) is 0 Å². The molecule has 0 atom stereocenters. The molecule has 11 aromatic rings. The zero-order valence-electron chi connectivity index (χ0n) is 26.8. The molecule has 0 aliphatic carbocycles. The first-order valence-corrected chi connectivity index (χ1v) is 17.6. The quantitative estimate of drug-likeness (QED) is 0.189. The van der Waals surface area contributed by atoms with Crippen LogP contribution < -0.4 is 4.90 Å². The minimum absolute atomic E-state index is 0.860. The normalized spacial score (nSPS) is 12.0. The van der Waals surface area contributed by atoms with Crippen LogP contribution in [0.1, 0.15) is 0 Å². The van der Waals surface area contributed by atoms with E-state index in [-0.39, 0.29) is 0 Å². The van der Waals surface area contributed by atoms with Gasteiger partial charge < -0.3 is 13.7 Å². The van der Waals surface area contributed by atoms with E-state index < -0.39 is 0 Å². The fourth-order valence-corrected chi connectivity index (χ4v) is 8.74. The summed E-state index contributed by atoms with van der Waals surface area (Å²) in [5.74, 6) is 0. The molecule has 0 amide bonds. The molecule has 0 bridgehead atoms. The summed E-state index contributed by atoms with van der Waals surface area (Å²) in [5.41, 5.74) is 8.95. The molecule has 0 saturated carbocycles. The van der Waals surface area contributed by atoms with E-state index in [1.165, 1.54) is 42.1 Å². The van der Waals surface area contributed by atoms with Gasteiger partial charge in [-0.05, 0) is 94.7 Å². The van der Waals surface area contributed by atoms with Gasteiger partial charge in [0.25, 0.3) is 0 Å². The van der Waals surface area contributed by atoms with Crippen molar-refractivity contribution in [3.05, 3.63) is 164 Å². The van der Waals surface area contributed by atoms with Gasteiger partial charge in [-0.25, -0.2) is 0 Å². The van der Waals surface area contributed by atoms with Gasteiger partial charge in [0.15, 0.2) is 0 Å². The van der Waals surface area contributed by atoms with Crippen molar-refractivity contribution in [3.63, 3.8) is 0 Å². The van der Waals surface area contributed by atoms with E-state index in [0.29, 0.717) is 0 Å². The summed E-state index contributed by atoms with van der Waals surface area (Å²) >= 11 is 1.86. The van der Waals surface area contributed by atoms with E-state index in [1.54, 1.807) is 0 Å². The molecule has 0 aliphatic heterocycles. The number of anilines is 3. The van der Waals surface area contributed by atoms with Crippen molar-refractivity contribution in [1.29, 1.82) is 0 Å². The molecular formula is C46H27NO2S. The Morgan fingerprint density at radius 2 is 0.900 bits per heavy atom. The van der Waals surface area contributed by atoms with Crippen LogP contribution in [0.2, 0.25) is 0 Å². The zero-order chi connectivity index (χ0) is 32.8. The average Bonchev–Trinajstić information content (AvgIpc) is 3.84. The van der Waals surface area contributed by atoms with Gasteiger partial charge in [0, 0.05) is 70.9 Å². The minimum atomic E-state index is 0.860. The van der Waals surface area contributed by atoms with E-state index in [4.69, 9.17) is 8.83 Å². The number of para-hydroxylation sites is 2. The molecular weight excluding hydrogens is 631 g/mol. The molecule has 234 valence electrons. The molecule has 4 heteroatoms. The third-order valence-corrected chi connectivity index (χ3v) is 11.2. The van der Waals surface area contributed by atoms with Crippen molar-refractivity contribution in [2.24, 2.45) is 0 Å². The van der Waals surface area contributed by atoms with Gasteiger partial charge in [-0.3, -0.25) is 0 Å². The maximum Gasteiger partial charge on any atom is 0.137 e. The summed E-state index contributed by atoms with van der Waals surface area (Å²) < 4.78 is 15.3. The predicted octanol–water partition coefficient (Wildman–Crippen LogP) is 14.1. The minimum Gasteiger partial charge on any atom is -0.456 e. The van der Waals surface area contributed by atoms with Gasteiger partial charge in [-0.2, -0.15) is 0 Å². The van der Waals surface area contributed by atoms with Crippen LogP contribution in [0.3, 0.4) is 0 Å². The summed E-state index contributed by atoms with van der Waals surface area (Å²) in [6.07, 6.45) is 0. The van der Waals surface area contributed by atoms with Crippen LogP contribution >= 0.6 is 11.3 Å². The molecule has 3 nitrogen and oxygen atoms in total. The number of thiophene rings is 1. The highest BCUT2D eigenvalue weighted by atomic mass is 32.1. The van der Waals surface area contributed by atoms with Gasteiger partial charge in [0.1, 0.15) is 22.3 Å². The number of furan rings is 2. The van der Waals surface area contributed by atoms with Gasteiger partial charge >= 0.3 is 0 Å². The second-order valence-corrected chi connectivity index (χ2v) is 14.0. The van der Waals surface area contributed by atoms with Crippen molar-refractivity contribution >= 4 is 103 Å². The zero-order valence-corrected chi connectivity index (χ0v) is 27.6. The second-order valence-electron chi connectivity index (χ2n) is 12.9. The van der Waals surface area contributed by atoms with E-state index in [0.717, 1.165) is 60.9 Å². The van der Waals surface area contributed by atoms with Crippen LogP contribution in [0.15, 0.2) is 173 Å². The summed E-state index contributed by atoms with van der Waals surface area (Å²) in [5, 5.41) is 9.64. The fraction of sp³-hybridized carbons (Fsp3) is 0. The maximum atomic E-state index is 6.34. The Labute approximate surface area is 290 Å². The van der Waals surface area contributed by atoms with E-state index in [9.17, 15) is 0 Å². The highest BCUT2D eigenvalue weighted by Gasteiger charge is 2.18. The number of benzene rings is 8. The third kappa shape index (κ3) is 4.22. The molecule has 8 aromatic carbocycles. The Bertz CT molecular complexity index is 2990. The molecule has 0 spiro atoms. The van der Waals surface area contributed by atoms with Crippen LogP contribution in [0.5, 0.6) is 0 Å². The number of hydrogen-bond acceptors (Lipinski definition) is 4. The monoisotopic (exact) mass is 657 g/mol. The molecule has 3 heterocycles. The highest BCUT2D eigenvalue weighted by molar-refractivity contribution is 7.25. The SMILES string of the molecule is c1ccc2c(c1)oc1cc(N(c3ccc(-c4ccc5cc6c(cc5c4)sc4ccccc46)cc3)c3ccc4c(c3)oc3ccccc34)ccc12. The first kappa shape index (κ1) is 27.6. The summed E-state index contributed by atoms with van der Waals surface area (Å²) in [6, 6.07) is 58.4. The van der Waals surface area contributed by atoms with Crippen molar-refractivity contribution in [2.45, 2.75) is 0 Å². The van der Waals surface area contributed by atoms with Gasteiger partial charge in [0.2, 0.25) is 0 Å². The molecule has 0 N–H and O–H groups in total. The number of nitrogens with zero attached hydrogens (tertiary/aromatic N) is 1. The Hall–Kier alpha value is -6.36. The lowest BCUT2D eigenvalue weighted by molar-refractivity contribution is 0.669. The van der Waals surface area contributed by atoms with E-state index in [2.05, 4.69) is 144 Å². The molecule has 0 saturated heterocycles. The Morgan fingerprint density at radius 1 is 0.340 bits per heavy atom. The van der Waals surface area contributed by atoms with E-state index >= 15 is 0 Å². The topological polar surface area (TPSA) is 29.5 Å². The first-order chi connectivity index (χ1) is 24.7. The Kier molecular flexibility index (Phi) is 5.83. The Balaban J connectivity index is 1.03. The van der Waals surface area contributed by atoms with Gasteiger partial charge in [-0.1, -0.05) is 78.9 Å². The second kappa shape index (κ2) is 10.6. The number of rotatable bonds is 4. The van der Waals surface area contributed by atoms with Crippen LogP contribution in [0.25, 0.3) is 85.9 Å². The number of hydrogen-bond donors (Lipinski definition) is 0. The molecule has 50 heavy (non-hydrogen) atoms. The van der Waals surface area contributed by atoms with Crippen molar-refractivity contribution < 1.29 is 8.83 Å². The van der Waals surface area contributed by atoms with Crippen LogP contribution in [-0.4, -0.2) is 0 Å². The fourth-order valence-electron chi connectivity index (χ4n) is 7.61. The Morgan fingerprint density at radius 3 is 1.58 bits per heavy atom. The smallest absolute Gasteiger partial charge is 0.137 e. The predicted molar refractivity (Wildman–Crippen MR) is 212 cm³/mol. The van der Waals surface area contributed by atoms with Gasteiger partial charge in [-0.15, -0.1) is 11.3 Å². The summed E-state index contributed by atoms with van der Waals surface area (Å²) in [7, 11) is 0. The molecule has 3 aromatic heterocycles. The molecule has 0 fully saturated rings. The molecule has 0 radical (unpaired) electrons. The molecule has 11 rings (SSSR count). The lowest BCUT2D eigenvalue weighted by atomic mass is 9.99. The third-order valence-electron chi connectivity index (χ3n) is 10.0. The molecule has 0 unspecified atom stereocenters. The molecule has 0 aliphatic rings. The van der Waals surface area contributed by atoms with Crippen molar-refractivity contribution in [3.8, 4) is 11.1 Å². The average molecular weight is 658 g/mol. The lowest BCUT2D eigenvalue weighted by Gasteiger charge is -2.25. The summed E-state index contributed by atoms with van der Waals surface area (Å²) in [6.45, 7) is 0. The van der Waals surface area contributed by atoms with E-state index in [1.807, 2.05) is 35.6 Å². The van der Waals surface area contributed by atoms with Crippen molar-refractivity contribution in [1.82, 2.24) is 0 Å². The number of fused-ring (bicyclic) bond motifs is 10. The van der Waals surface area contributed by atoms with Crippen molar-refractivity contribution in [2.75, 3.05) is 4.90 Å². The first-order valence-electron chi connectivity index (χ1n) is 16.8. The highest BCUT2D eigenvalue weighted by Crippen LogP contribution is 2.42.